The Bertz CT molecular complexity index is 1500. The fraction of sp³-hybridized carbons (Fsp3) is 0.481. The number of aromatic nitrogens is 5. The Morgan fingerprint density at radius 3 is 2.81 bits per heavy atom. The number of ether oxygens (including phenoxy) is 3. The third kappa shape index (κ3) is 3.87. The first-order valence-electron chi connectivity index (χ1n) is 12.8. The Labute approximate surface area is 219 Å². The Morgan fingerprint density at radius 2 is 1.95 bits per heavy atom. The van der Waals surface area contributed by atoms with Gasteiger partial charge < -0.3 is 19.9 Å². The molecule has 7 rings (SSSR count). The third-order valence-corrected chi connectivity index (χ3v) is 8.21. The van der Waals surface area contributed by atoms with Crippen molar-refractivity contribution in [2.24, 2.45) is 5.92 Å². The lowest BCUT2D eigenvalue weighted by Crippen LogP contribution is -2.53. The minimum Gasteiger partial charge on any atom is -0.382 e. The number of benzene rings is 1. The molecule has 3 fully saturated rings. The molecule has 10 heteroatoms. The smallest absolute Gasteiger partial charge is 0.167 e. The van der Waals surface area contributed by atoms with Gasteiger partial charge in [0, 0.05) is 11.6 Å². The zero-order chi connectivity index (χ0) is 25.4. The van der Waals surface area contributed by atoms with Crippen molar-refractivity contribution in [1.82, 2.24) is 24.5 Å². The number of rotatable bonds is 5. The number of fused-ring (bicyclic) bond motifs is 4. The number of pyridine rings is 1. The first-order valence-corrected chi connectivity index (χ1v) is 13.2. The van der Waals surface area contributed by atoms with E-state index in [0.29, 0.717) is 27.9 Å². The van der Waals surface area contributed by atoms with Crippen LogP contribution >= 0.6 is 11.6 Å². The van der Waals surface area contributed by atoms with Gasteiger partial charge in [0.15, 0.2) is 23.5 Å². The number of hydrogen-bond acceptors (Lipinski definition) is 8. The molecule has 1 saturated carbocycles. The summed E-state index contributed by atoms with van der Waals surface area (Å²) < 4.78 is 21.4. The Balaban J connectivity index is 1.04. The summed E-state index contributed by atoms with van der Waals surface area (Å²) in [6, 6.07) is 8.40. The zero-order valence-corrected chi connectivity index (χ0v) is 21.6. The van der Waals surface area contributed by atoms with E-state index in [9.17, 15) is 0 Å². The summed E-state index contributed by atoms with van der Waals surface area (Å²) in [4.78, 5) is 17.4. The predicted molar refractivity (Wildman–Crippen MR) is 139 cm³/mol. The molecular weight excluding hydrogens is 492 g/mol. The van der Waals surface area contributed by atoms with Gasteiger partial charge in [-0.25, -0.2) is 15.0 Å². The van der Waals surface area contributed by atoms with Crippen molar-refractivity contribution in [3.8, 4) is 0 Å². The molecule has 37 heavy (non-hydrogen) atoms. The number of hydrogen-bond donors (Lipinski definition) is 1. The van der Waals surface area contributed by atoms with Gasteiger partial charge in [0.1, 0.15) is 29.7 Å². The number of nitrogens with two attached hydrogens (primary N) is 1. The number of nitrogens with zero attached hydrogens (tertiary/aromatic N) is 5. The van der Waals surface area contributed by atoms with E-state index in [1.165, 1.54) is 11.9 Å². The summed E-state index contributed by atoms with van der Waals surface area (Å²) in [5.74, 6) is 0.266. The van der Waals surface area contributed by atoms with Crippen molar-refractivity contribution < 1.29 is 14.2 Å². The lowest BCUT2D eigenvalue weighted by atomic mass is 9.66. The molecule has 2 N–H and O–H groups in total. The van der Waals surface area contributed by atoms with E-state index >= 15 is 0 Å². The lowest BCUT2D eigenvalue weighted by molar-refractivity contribution is -0.245. The third-order valence-electron chi connectivity index (χ3n) is 8.01. The molecule has 1 spiro atoms. The second-order valence-corrected chi connectivity index (χ2v) is 11.5. The summed E-state index contributed by atoms with van der Waals surface area (Å²) in [5, 5.41) is 1.73. The van der Waals surface area contributed by atoms with Crippen molar-refractivity contribution in [2.75, 3.05) is 5.73 Å². The monoisotopic (exact) mass is 520 g/mol. The van der Waals surface area contributed by atoms with Gasteiger partial charge in [-0.15, -0.1) is 0 Å². The standard InChI is InChI=1S/C27H29ClN6O3/c1-26(2)35-21-22(36-26)27(37-25(21)34-14-33-20-23(29)31-13-32-24(20)34)10-16(11-27)5-3-4-15-6-7-17-9-18(28)12-30-19(17)8-15/h6-9,12-14,16,21-22,25H,3-5,10-11H2,1-2H3,(H2,29,31,32)/t16?,21-,22+,25-,27?/m1/s1. The van der Waals surface area contributed by atoms with Gasteiger partial charge in [-0.05, 0) is 69.6 Å². The van der Waals surface area contributed by atoms with Crippen LogP contribution in [0.1, 0.15) is 51.3 Å². The van der Waals surface area contributed by atoms with Gasteiger partial charge in [-0.3, -0.25) is 9.55 Å². The highest BCUT2D eigenvalue weighted by atomic mass is 35.5. The molecule has 0 bridgehead atoms. The van der Waals surface area contributed by atoms with Crippen molar-refractivity contribution in [3.05, 3.63) is 53.7 Å². The number of imidazole rings is 1. The van der Waals surface area contributed by atoms with E-state index in [-0.39, 0.29) is 24.0 Å². The normalized spacial score (nSPS) is 30.2. The van der Waals surface area contributed by atoms with E-state index in [2.05, 4.69) is 38.1 Å². The molecule has 192 valence electrons. The van der Waals surface area contributed by atoms with Crippen LogP contribution < -0.4 is 5.73 Å². The van der Waals surface area contributed by atoms with Crippen molar-refractivity contribution in [3.63, 3.8) is 0 Å². The molecular formula is C27H29ClN6O3. The van der Waals surface area contributed by atoms with Crippen LogP contribution in [0.2, 0.25) is 5.02 Å². The molecule has 2 aliphatic heterocycles. The second kappa shape index (κ2) is 8.33. The van der Waals surface area contributed by atoms with Gasteiger partial charge in [0.25, 0.3) is 0 Å². The van der Waals surface area contributed by atoms with E-state index in [1.54, 1.807) is 12.5 Å². The fourth-order valence-electron chi connectivity index (χ4n) is 6.39. The maximum absolute atomic E-state index is 6.74. The van der Waals surface area contributed by atoms with Crippen LogP contribution in [0.5, 0.6) is 0 Å². The molecule has 3 aromatic heterocycles. The number of aryl methyl sites for hydroxylation is 1. The van der Waals surface area contributed by atoms with Crippen molar-refractivity contribution in [1.29, 1.82) is 0 Å². The summed E-state index contributed by atoms with van der Waals surface area (Å²) >= 11 is 6.07. The minimum absolute atomic E-state index is 0.140. The van der Waals surface area contributed by atoms with Crippen LogP contribution in [-0.4, -0.2) is 48.1 Å². The van der Waals surface area contributed by atoms with Gasteiger partial charge in [0.2, 0.25) is 0 Å². The van der Waals surface area contributed by atoms with E-state index < -0.39 is 5.79 Å². The van der Waals surface area contributed by atoms with Gasteiger partial charge in [-0.2, -0.15) is 0 Å². The summed E-state index contributed by atoms with van der Waals surface area (Å²) in [6.07, 6.45) is 9.28. The van der Waals surface area contributed by atoms with Gasteiger partial charge >= 0.3 is 0 Å². The lowest BCUT2D eigenvalue weighted by Gasteiger charge is -2.47. The highest BCUT2D eigenvalue weighted by Crippen LogP contribution is 2.58. The number of nitrogen functional groups attached to an aromatic ring is 1. The molecule has 3 aliphatic rings. The van der Waals surface area contributed by atoms with Gasteiger partial charge in [0.05, 0.1) is 16.9 Å². The SMILES string of the molecule is CC1(C)O[C@H]2[C@H](n3cnc4c(N)ncnc43)OC3(CC(CCCc4ccc5cc(Cl)cnc5c4)C3)[C@H]2O1. The van der Waals surface area contributed by atoms with Crippen LogP contribution in [-0.2, 0) is 20.6 Å². The van der Waals surface area contributed by atoms with Crippen molar-refractivity contribution >= 4 is 39.5 Å². The molecule has 5 heterocycles. The van der Waals surface area contributed by atoms with E-state index in [4.69, 9.17) is 31.5 Å². The Morgan fingerprint density at radius 1 is 1.08 bits per heavy atom. The van der Waals surface area contributed by atoms with Gasteiger partial charge in [-0.1, -0.05) is 23.7 Å². The average molecular weight is 521 g/mol. The second-order valence-electron chi connectivity index (χ2n) is 11.0. The highest BCUT2D eigenvalue weighted by Gasteiger charge is 2.67. The van der Waals surface area contributed by atoms with E-state index in [0.717, 1.165) is 43.0 Å². The summed E-state index contributed by atoms with van der Waals surface area (Å²) in [6.45, 7) is 3.93. The quantitative estimate of drug-likeness (QED) is 0.398. The van der Waals surface area contributed by atoms with E-state index in [1.807, 2.05) is 24.5 Å². The summed E-state index contributed by atoms with van der Waals surface area (Å²) in [5.41, 5.74) is 9.15. The predicted octanol–water partition coefficient (Wildman–Crippen LogP) is 4.83. The number of anilines is 1. The van der Waals surface area contributed by atoms with Crippen LogP contribution in [0.15, 0.2) is 43.1 Å². The fourth-order valence-corrected chi connectivity index (χ4v) is 6.56. The van der Waals surface area contributed by atoms with Crippen LogP contribution in [0.25, 0.3) is 22.1 Å². The molecule has 9 nitrogen and oxygen atoms in total. The summed E-state index contributed by atoms with van der Waals surface area (Å²) in [7, 11) is 0. The first kappa shape index (κ1) is 23.3. The molecule has 0 radical (unpaired) electrons. The topological polar surface area (TPSA) is 110 Å². The molecule has 4 aromatic rings. The minimum atomic E-state index is -0.672. The largest absolute Gasteiger partial charge is 0.382 e. The highest BCUT2D eigenvalue weighted by molar-refractivity contribution is 6.31. The van der Waals surface area contributed by atoms with Crippen molar-refractivity contribution in [2.45, 2.75) is 75.8 Å². The molecule has 0 unspecified atom stereocenters. The molecule has 3 atom stereocenters. The van der Waals surface area contributed by atoms with Crippen LogP contribution in [0.3, 0.4) is 0 Å². The first-order chi connectivity index (χ1) is 17.8. The Kier molecular flexibility index (Phi) is 5.24. The average Bonchev–Trinajstić information content (AvgIpc) is 3.49. The van der Waals surface area contributed by atoms with Crippen LogP contribution in [0, 0.1) is 5.92 Å². The molecule has 0 amide bonds. The zero-order valence-electron chi connectivity index (χ0n) is 20.8. The van der Waals surface area contributed by atoms with Crippen LogP contribution in [0.4, 0.5) is 5.82 Å². The maximum atomic E-state index is 6.74. The Hall–Kier alpha value is -2.85. The number of halogens is 1. The molecule has 1 aliphatic carbocycles. The maximum Gasteiger partial charge on any atom is 0.167 e. The molecule has 2 saturated heterocycles. The molecule has 1 aromatic carbocycles.